The number of aromatic carboxylic acids is 1. The predicted molar refractivity (Wildman–Crippen MR) is 57.6 cm³/mol. The molecule has 5 heteroatoms. The van der Waals surface area contributed by atoms with Crippen molar-refractivity contribution in [3.8, 4) is 0 Å². The molecule has 1 N–H and O–H groups in total. The Morgan fingerprint density at radius 2 is 2.12 bits per heavy atom. The number of nitrogens with zero attached hydrogens (tertiary/aromatic N) is 3. The topological polar surface area (TPSA) is 59.5 Å². The molecule has 1 fully saturated rings. The van der Waals surface area contributed by atoms with E-state index in [0.717, 1.165) is 12.8 Å². The van der Waals surface area contributed by atoms with Crippen LogP contribution in [0.4, 0.5) is 0 Å². The van der Waals surface area contributed by atoms with Gasteiger partial charge in [-0.15, -0.1) is 0 Å². The summed E-state index contributed by atoms with van der Waals surface area (Å²) in [6.07, 6.45) is 9.90. The number of carbonyl (C=O) groups is 1. The summed E-state index contributed by atoms with van der Waals surface area (Å²) in [7, 11) is 0. The molecule has 0 atom stereocenters. The van der Waals surface area contributed by atoms with Gasteiger partial charge in [-0.1, -0.05) is 12.8 Å². The first-order valence-corrected chi connectivity index (χ1v) is 5.55. The Bertz CT molecular complexity index is 534. The van der Waals surface area contributed by atoms with Gasteiger partial charge in [-0.3, -0.25) is 0 Å². The first-order valence-electron chi connectivity index (χ1n) is 5.55. The van der Waals surface area contributed by atoms with Crippen LogP contribution in [0.25, 0.3) is 5.65 Å². The molecule has 2 heterocycles. The van der Waals surface area contributed by atoms with Crippen molar-refractivity contribution in [1.82, 2.24) is 14.2 Å². The standard InChI is InChI=1S/C11H13N3O2/c15-11(16)9-7-12-14-6-5-13(10(9)14)8-3-1-2-4-8/h5-8H,1-4H2,(H,15,16). The van der Waals surface area contributed by atoms with Crippen LogP contribution < -0.4 is 0 Å². The maximum absolute atomic E-state index is 11.1. The van der Waals surface area contributed by atoms with Gasteiger partial charge >= 0.3 is 5.97 Å². The van der Waals surface area contributed by atoms with E-state index in [2.05, 4.69) is 9.67 Å². The molecular weight excluding hydrogens is 206 g/mol. The normalized spacial score (nSPS) is 17.2. The van der Waals surface area contributed by atoms with E-state index < -0.39 is 5.97 Å². The molecule has 84 valence electrons. The van der Waals surface area contributed by atoms with Crippen molar-refractivity contribution in [3.05, 3.63) is 24.2 Å². The summed E-state index contributed by atoms with van der Waals surface area (Å²) >= 11 is 0. The van der Waals surface area contributed by atoms with Crippen molar-refractivity contribution in [2.75, 3.05) is 0 Å². The summed E-state index contributed by atoms with van der Waals surface area (Å²) in [6.45, 7) is 0. The van der Waals surface area contributed by atoms with Crippen molar-refractivity contribution >= 4 is 11.6 Å². The molecule has 0 aliphatic heterocycles. The Morgan fingerprint density at radius 3 is 2.81 bits per heavy atom. The fraction of sp³-hybridized carbons (Fsp3) is 0.455. The van der Waals surface area contributed by atoms with Gasteiger partial charge < -0.3 is 9.67 Å². The molecule has 2 aromatic rings. The second kappa shape index (κ2) is 3.37. The lowest BCUT2D eigenvalue weighted by molar-refractivity contribution is 0.0698. The average Bonchev–Trinajstić information content (AvgIpc) is 2.93. The number of hydrogen-bond acceptors (Lipinski definition) is 2. The number of imidazole rings is 1. The molecule has 0 spiro atoms. The third-order valence-corrected chi connectivity index (χ3v) is 3.33. The van der Waals surface area contributed by atoms with E-state index in [1.54, 1.807) is 4.52 Å². The minimum atomic E-state index is -0.909. The Morgan fingerprint density at radius 1 is 1.38 bits per heavy atom. The summed E-state index contributed by atoms with van der Waals surface area (Å²) in [6, 6.07) is 0.437. The third kappa shape index (κ3) is 1.24. The van der Waals surface area contributed by atoms with Crippen LogP contribution in [0.15, 0.2) is 18.6 Å². The van der Waals surface area contributed by atoms with Crippen LogP contribution in [0.5, 0.6) is 0 Å². The van der Waals surface area contributed by atoms with Gasteiger partial charge in [0.25, 0.3) is 0 Å². The molecule has 0 bridgehead atoms. The average molecular weight is 219 g/mol. The fourth-order valence-corrected chi connectivity index (χ4v) is 2.56. The first kappa shape index (κ1) is 9.45. The molecule has 0 amide bonds. The molecule has 1 aliphatic rings. The SMILES string of the molecule is O=C(O)c1cnn2ccn(C3CCCC3)c12. The number of carboxylic acids is 1. The zero-order valence-electron chi connectivity index (χ0n) is 8.83. The lowest BCUT2D eigenvalue weighted by atomic mass is 10.2. The van der Waals surface area contributed by atoms with Gasteiger partial charge in [0.05, 0.1) is 6.20 Å². The molecule has 0 saturated heterocycles. The van der Waals surface area contributed by atoms with Crippen molar-refractivity contribution in [2.45, 2.75) is 31.7 Å². The molecule has 3 rings (SSSR count). The van der Waals surface area contributed by atoms with Crippen LogP contribution in [-0.2, 0) is 0 Å². The second-order valence-electron chi connectivity index (χ2n) is 4.28. The Balaban J connectivity index is 2.16. The van der Waals surface area contributed by atoms with Gasteiger partial charge in [-0.2, -0.15) is 5.10 Å². The molecular formula is C11H13N3O2. The van der Waals surface area contributed by atoms with Gasteiger partial charge in [0, 0.05) is 18.4 Å². The number of fused-ring (bicyclic) bond motifs is 1. The highest BCUT2D eigenvalue weighted by Crippen LogP contribution is 2.31. The number of hydrogen-bond donors (Lipinski definition) is 1. The molecule has 16 heavy (non-hydrogen) atoms. The Hall–Kier alpha value is -1.78. The number of aromatic nitrogens is 3. The summed E-state index contributed by atoms with van der Waals surface area (Å²) in [5.41, 5.74) is 0.997. The number of rotatable bonds is 2. The summed E-state index contributed by atoms with van der Waals surface area (Å²) in [4.78, 5) is 11.1. The summed E-state index contributed by atoms with van der Waals surface area (Å²) in [5.74, 6) is -0.909. The maximum Gasteiger partial charge on any atom is 0.341 e. The van der Waals surface area contributed by atoms with E-state index in [0.29, 0.717) is 11.7 Å². The zero-order valence-corrected chi connectivity index (χ0v) is 8.83. The molecule has 1 saturated carbocycles. The highest BCUT2D eigenvalue weighted by molar-refractivity contribution is 5.94. The molecule has 0 unspecified atom stereocenters. The zero-order chi connectivity index (χ0) is 11.1. The summed E-state index contributed by atoms with van der Waals surface area (Å²) < 4.78 is 3.70. The highest BCUT2D eigenvalue weighted by Gasteiger charge is 2.22. The van der Waals surface area contributed by atoms with Gasteiger partial charge in [0.1, 0.15) is 5.56 Å². The second-order valence-corrected chi connectivity index (χ2v) is 4.28. The molecule has 0 radical (unpaired) electrons. The van der Waals surface area contributed by atoms with Crippen molar-refractivity contribution in [3.63, 3.8) is 0 Å². The van der Waals surface area contributed by atoms with Crippen LogP contribution >= 0.6 is 0 Å². The molecule has 5 nitrogen and oxygen atoms in total. The predicted octanol–water partition coefficient (Wildman–Crippen LogP) is 1.95. The molecule has 0 aromatic carbocycles. The minimum absolute atomic E-state index is 0.289. The van der Waals surface area contributed by atoms with E-state index in [-0.39, 0.29) is 5.56 Å². The van der Waals surface area contributed by atoms with Crippen LogP contribution in [0.3, 0.4) is 0 Å². The van der Waals surface area contributed by atoms with E-state index >= 15 is 0 Å². The minimum Gasteiger partial charge on any atom is -0.477 e. The third-order valence-electron chi connectivity index (χ3n) is 3.33. The van der Waals surface area contributed by atoms with E-state index in [1.807, 2.05) is 12.4 Å². The first-order chi connectivity index (χ1) is 7.77. The van der Waals surface area contributed by atoms with E-state index in [4.69, 9.17) is 5.11 Å². The van der Waals surface area contributed by atoms with Crippen LogP contribution in [0.2, 0.25) is 0 Å². The van der Waals surface area contributed by atoms with Crippen molar-refractivity contribution < 1.29 is 9.90 Å². The van der Waals surface area contributed by atoms with E-state index in [1.165, 1.54) is 19.0 Å². The quantitative estimate of drug-likeness (QED) is 0.839. The lowest BCUT2D eigenvalue weighted by Crippen LogP contribution is -2.06. The monoisotopic (exact) mass is 219 g/mol. The van der Waals surface area contributed by atoms with Crippen molar-refractivity contribution in [1.29, 1.82) is 0 Å². The smallest absolute Gasteiger partial charge is 0.341 e. The molecule has 2 aromatic heterocycles. The van der Waals surface area contributed by atoms with Gasteiger partial charge in [0.2, 0.25) is 0 Å². The fourth-order valence-electron chi connectivity index (χ4n) is 2.56. The largest absolute Gasteiger partial charge is 0.477 e. The van der Waals surface area contributed by atoms with Gasteiger partial charge in [-0.25, -0.2) is 9.31 Å². The van der Waals surface area contributed by atoms with Crippen LogP contribution in [0, 0.1) is 0 Å². The maximum atomic E-state index is 11.1. The van der Waals surface area contributed by atoms with Crippen molar-refractivity contribution in [2.24, 2.45) is 0 Å². The number of carboxylic acid groups (broad SMARTS) is 1. The Kier molecular flexibility index (Phi) is 1.99. The van der Waals surface area contributed by atoms with Crippen LogP contribution in [-0.4, -0.2) is 25.3 Å². The molecule has 1 aliphatic carbocycles. The van der Waals surface area contributed by atoms with E-state index in [9.17, 15) is 4.79 Å². The lowest BCUT2D eigenvalue weighted by Gasteiger charge is -2.11. The van der Waals surface area contributed by atoms with Crippen LogP contribution in [0.1, 0.15) is 42.1 Å². The Labute approximate surface area is 92.3 Å². The highest BCUT2D eigenvalue weighted by atomic mass is 16.4. The summed E-state index contributed by atoms with van der Waals surface area (Å²) in [5, 5.41) is 13.1. The van der Waals surface area contributed by atoms with Gasteiger partial charge in [-0.05, 0) is 12.8 Å². The van der Waals surface area contributed by atoms with Gasteiger partial charge in [0.15, 0.2) is 5.65 Å².